The molecule has 0 aromatic heterocycles. The van der Waals surface area contributed by atoms with Crippen LogP contribution in [0.2, 0.25) is 0 Å². The second kappa shape index (κ2) is 4.37. The Balaban J connectivity index is 1.81. The van der Waals surface area contributed by atoms with Gasteiger partial charge < -0.3 is 4.74 Å². The van der Waals surface area contributed by atoms with Crippen LogP contribution in [-0.4, -0.2) is 13.2 Å². The van der Waals surface area contributed by atoms with Crippen molar-refractivity contribution in [2.24, 2.45) is 22.7 Å². The highest BCUT2D eigenvalue weighted by Crippen LogP contribution is 2.53. The van der Waals surface area contributed by atoms with E-state index in [0.29, 0.717) is 10.8 Å². The van der Waals surface area contributed by atoms with Gasteiger partial charge in [-0.2, -0.15) is 0 Å². The van der Waals surface area contributed by atoms with Gasteiger partial charge in [-0.25, -0.2) is 0 Å². The largest absolute Gasteiger partial charge is 0.381 e. The summed E-state index contributed by atoms with van der Waals surface area (Å²) in [6.45, 7) is 9.42. The second-order valence-corrected chi connectivity index (χ2v) is 7.95. The van der Waals surface area contributed by atoms with Crippen LogP contribution in [0.1, 0.15) is 59.3 Å². The summed E-state index contributed by atoms with van der Waals surface area (Å²) >= 11 is 0. The maximum Gasteiger partial charge on any atom is 0.0532 e. The molecule has 0 amide bonds. The van der Waals surface area contributed by atoms with Crippen LogP contribution in [-0.2, 0) is 4.74 Å². The van der Waals surface area contributed by atoms with Crippen LogP contribution in [0.5, 0.6) is 0 Å². The third kappa shape index (κ3) is 2.27. The van der Waals surface area contributed by atoms with E-state index in [1.165, 1.54) is 38.5 Å². The smallest absolute Gasteiger partial charge is 0.0532 e. The molecule has 3 aliphatic rings. The molecule has 18 heavy (non-hydrogen) atoms. The topological polar surface area (TPSA) is 9.23 Å². The minimum Gasteiger partial charge on any atom is -0.381 e. The van der Waals surface area contributed by atoms with Crippen molar-refractivity contribution in [3.8, 4) is 0 Å². The van der Waals surface area contributed by atoms with Crippen molar-refractivity contribution in [1.82, 2.24) is 0 Å². The van der Waals surface area contributed by atoms with Crippen LogP contribution in [0, 0.1) is 22.7 Å². The first-order chi connectivity index (χ1) is 8.49. The van der Waals surface area contributed by atoms with E-state index in [4.69, 9.17) is 4.74 Å². The standard InChI is InChI=1S/C17H28O/c1-16(2)7-4-8-17(3,12-16)15-6-5-13-10-18-11-14(13)9-15/h9,13-14H,4-8,10-12H2,1-3H3/t13-,14+,17?/m1/s1. The summed E-state index contributed by atoms with van der Waals surface area (Å²) in [5, 5.41) is 0. The average Bonchev–Trinajstić information content (AvgIpc) is 2.73. The van der Waals surface area contributed by atoms with E-state index >= 15 is 0 Å². The molecule has 1 nitrogen and oxygen atoms in total. The van der Waals surface area contributed by atoms with Gasteiger partial charge in [0.2, 0.25) is 0 Å². The van der Waals surface area contributed by atoms with E-state index < -0.39 is 0 Å². The first-order valence-electron chi connectivity index (χ1n) is 7.78. The van der Waals surface area contributed by atoms with Gasteiger partial charge >= 0.3 is 0 Å². The van der Waals surface area contributed by atoms with E-state index in [-0.39, 0.29) is 0 Å². The van der Waals surface area contributed by atoms with E-state index in [0.717, 1.165) is 25.0 Å². The molecule has 1 heterocycles. The van der Waals surface area contributed by atoms with Gasteiger partial charge in [-0.05, 0) is 48.9 Å². The lowest BCUT2D eigenvalue weighted by molar-refractivity contribution is 0.122. The van der Waals surface area contributed by atoms with Crippen molar-refractivity contribution >= 4 is 0 Å². The van der Waals surface area contributed by atoms with Crippen LogP contribution >= 0.6 is 0 Å². The molecule has 0 spiro atoms. The number of hydrogen-bond acceptors (Lipinski definition) is 1. The highest BCUT2D eigenvalue weighted by atomic mass is 16.5. The number of hydrogen-bond donors (Lipinski definition) is 0. The number of fused-ring (bicyclic) bond motifs is 1. The van der Waals surface area contributed by atoms with Crippen molar-refractivity contribution in [2.75, 3.05) is 13.2 Å². The first-order valence-corrected chi connectivity index (χ1v) is 7.78. The van der Waals surface area contributed by atoms with Crippen molar-refractivity contribution in [2.45, 2.75) is 59.3 Å². The van der Waals surface area contributed by atoms with E-state index in [1.807, 2.05) is 0 Å². The van der Waals surface area contributed by atoms with Crippen LogP contribution in [0.4, 0.5) is 0 Å². The van der Waals surface area contributed by atoms with Gasteiger partial charge in [-0.3, -0.25) is 0 Å². The summed E-state index contributed by atoms with van der Waals surface area (Å²) in [5.74, 6) is 1.56. The summed E-state index contributed by atoms with van der Waals surface area (Å²) in [4.78, 5) is 0. The normalized spacial score (nSPS) is 43.4. The lowest BCUT2D eigenvalue weighted by Gasteiger charge is -2.46. The van der Waals surface area contributed by atoms with Gasteiger partial charge in [-0.15, -0.1) is 0 Å². The molecular formula is C17H28O. The van der Waals surface area contributed by atoms with Gasteiger partial charge in [0.15, 0.2) is 0 Å². The van der Waals surface area contributed by atoms with Crippen molar-refractivity contribution in [3.05, 3.63) is 11.6 Å². The summed E-state index contributed by atoms with van der Waals surface area (Å²) in [5.41, 5.74) is 2.79. The molecule has 1 aliphatic heterocycles. The van der Waals surface area contributed by atoms with Crippen molar-refractivity contribution < 1.29 is 4.74 Å². The van der Waals surface area contributed by atoms with Crippen LogP contribution in [0.25, 0.3) is 0 Å². The molecule has 0 radical (unpaired) electrons. The molecule has 1 saturated carbocycles. The molecule has 0 N–H and O–H groups in total. The van der Waals surface area contributed by atoms with Crippen LogP contribution < -0.4 is 0 Å². The minimum absolute atomic E-state index is 0.481. The molecule has 0 bridgehead atoms. The Bertz CT molecular complexity index is 355. The Hall–Kier alpha value is -0.300. The lowest BCUT2D eigenvalue weighted by atomic mass is 9.59. The molecule has 3 atom stereocenters. The average molecular weight is 248 g/mol. The third-order valence-corrected chi connectivity index (χ3v) is 5.67. The van der Waals surface area contributed by atoms with Gasteiger partial charge in [0.25, 0.3) is 0 Å². The molecule has 1 saturated heterocycles. The fraction of sp³-hybridized carbons (Fsp3) is 0.882. The molecule has 0 aromatic carbocycles. The second-order valence-electron chi connectivity index (χ2n) is 7.95. The summed E-state index contributed by atoms with van der Waals surface area (Å²) in [7, 11) is 0. The highest BCUT2D eigenvalue weighted by Gasteiger charge is 2.41. The summed E-state index contributed by atoms with van der Waals surface area (Å²) in [6, 6.07) is 0. The zero-order valence-corrected chi connectivity index (χ0v) is 12.3. The van der Waals surface area contributed by atoms with Gasteiger partial charge in [-0.1, -0.05) is 38.8 Å². The molecule has 102 valence electrons. The van der Waals surface area contributed by atoms with Gasteiger partial charge in [0, 0.05) is 5.92 Å². The summed E-state index contributed by atoms with van der Waals surface area (Å²) in [6.07, 6.45) is 10.9. The Kier molecular flexibility index (Phi) is 3.09. The molecule has 2 aliphatic carbocycles. The van der Waals surface area contributed by atoms with Crippen molar-refractivity contribution in [3.63, 3.8) is 0 Å². The predicted molar refractivity (Wildman–Crippen MR) is 75.5 cm³/mol. The maximum absolute atomic E-state index is 5.66. The van der Waals surface area contributed by atoms with Crippen LogP contribution in [0.15, 0.2) is 11.6 Å². The van der Waals surface area contributed by atoms with Crippen LogP contribution in [0.3, 0.4) is 0 Å². The number of rotatable bonds is 1. The van der Waals surface area contributed by atoms with E-state index in [2.05, 4.69) is 26.8 Å². The molecule has 2 fully saturated rings. The zero-order valence-electron chi connectivity index (χ0n) is 12.3. The Morgan fingerprint density at radius 3 is 2.78 bits per heavy atom. The predicted octanol–water partition coefficient (Wildman–Crippen LogP) is 4.58. The molecule has 3 rings (SSSR count). The van der Waals surface area contributed by atoms with Gasteiger partial charge in [0.1, 0.15) is 0 Å². The van der Waals surface area contributed by atoms with Crippen molar-refractivity contribution in [1.29, 1.82) is 0 Å². The molecule has 1 heteroatoms. The van der Waals surface area contributed by atoms with Gasteiger partial charge in [0.05, 0.1) is 13.2 Å². The third-order valence-electron chi connectivity index (χ3n) is 5.67. The maximum atomic E-state index is 5.66. The molecule has 1 unspecified atom stereocenters. The quantitative estimate of drug-likeness (QED) is 0.617. The molecule has 0 aromatic rings. The lowest BCUT2D eigenvalue weighted by Crippen LogP contribution is -2.34. The number of allylic oxidation sites excluding steroid dienone is 1. The molecular weight excluding hydrogens is 220 g/mol. The van der Waals surface area contributed by atoms with E-state index in [1.54, 1.807) is 5.57 Å². The first kappa shape index (κ1) is 12.7. The fourth-order valence-electron chi connectivity index (χ4n) is 4.75. The SMILES string of the molecule is CC1(C)CCCC(C)(C2=C[C@H]3COC[C@H]3CC2)C1. The Morgan fingerprint density at radius 2 is 2.00 bits per heavy atom. The summed E-state index contributed by atoms with van der Waals surface area (Å²) < 4.78 is 5.66. The Morgan fingerprint density at radius 1 is 1.17 bits per heavy atom. The zero-order chi connectivity index (χ0) is 12.8. The highest BCUT2D eigenvalue weighted by molar-refractivity contribution is 5.20. The monoisotopic (exact) mass is 248 g/mol. The number of ether oxygens (including phenoxy) is 1. The Labute approximate surface area is 112 Å². The van der Waals surface area contributed by atoms with E-state index in [9.17, 15) is 0 Å². The fourth-order valence-corrected chi connectivity index (χ4v) is 4.75. The minimum atomic E-state index is 0.481.